The van der Waals surface area contributed by atoms with Crippen LogP contribution in [0.3, 0.4) is 0 Å². The van der Waals surface area contributed by atoms with Crippen LogP contribution in [0.4, 0.5) is 14.9 Å². The second-order valence-electron chi connectivity index (χ2n) is 4.85. The molecule has 0 radical (unpaired) electrons. The molecule has 0 fully saturated rings. The summed E-state index contributed by atoms with van der Waals surface area (Å²) in [7, 11) is 1.61. The molecule has 2 aromatic carbocycles. The summed E-state index contributed by atoms with van der Waals surface area (Å²) in [6.07, 6.45) is 0.574. The van der Waals surface area contributed by atoms with Crippen LogP contribution in [0.2, 0.25) is 0 Å². The lowest BCUT2D eigenvalue weighted by Gasteiger charge is -2.11. The third-order valence-electron chi connectivity index (χ3n) is 3.15. The number of amides is 2. The van der Waals surface area contributed by atoms with Crippen molar-refractivity contribution in [2.24, 2.45) is 0 Å². The number of halogens is 1. The van der Waals surface area contributed by atoms with E-state index in [4.69, 9.17) is 4.74 Å². The molecule has 116 valence electrons. The lowest BCUT2D eigenvalue weighted by Crippen LogP contribution is -2.30. The molecule has 0 unspecified atom stereocenters. The minimum atomic E-state index is -0.292. The molecular formula is C17H19FN2O2. The first-order valence-electron chi connectivity index (χ1n) is 7.05. The highest BCUT2D eigenvalue weighted by molar-refractivity contribution is 5.90. The van der Waals surface area contributed by atoms with E-state index in [1.165, 1.54) is 12.1 Å². The van der Waals surface area contributed by atoms with Gasteiger partial charge in [-0.2, -0.15) is 0 Å². The van der Waals surface area contributed by atoms with Gasteiger partial charge in [-0.1, -0.05) is 30.3 Å². The minimum Gasteiger partial charge on any atom is -0.380 e. The van der Waals surface area contributed by atoms with E-state index < -0.39 is 0 Å². The van der Waals surface area contributed by atoms with E-state index in [-0.39, 0.29) is 11.8 Å². The van der Waals surface area contributed by atoms with Gasteiger partial charge in [-0.3, -0.25) is 0 Å². The quantitative estimate of drug-likeness (QED) is 0.860. The van der Waals surface area contributed by atoms with Crippen LogP contribution in [-0.4, -0.2) is 19.7 Å². The van der Waals surface area contributed by atoms with Gasteiger partial charge in [-0.05, 0) is 30.2 Å². The molecule has 0 aromatic heterocycles. The number of nitrogens with one attached hydrogen (secondary N) is 2. The fraction of sp³-hybridized carbons (Fsp3) is 0.235. The van der Waals surface area contributed by atoms with Gasteiger partial charge in [-0.15, -0.1) is 0 Å². The molecule has 0 atom stereocenters. The van der Waals surface area contributed by atoms with Crippen molar-refractivity contribution >= 4 is 11.7 Å². The van der Waals surface area contributed by atoms with Crippen molar-refractivity contribution in [1.82, 2.24) is 5.32 Å². The Hall–Kier alpha value is -2.40. The summed E-state index contributed by atoms with van der Waals surface area (Å²) in [5.74, 6) is -0.268. The van der Waals surface area contributed by atoms with E-state index >= 15 is 0 Å². The first-order chi connectivity index (χ1) is 10.7. The number of hydrogen-bond donors (Lipinski definition) is 2. The zero-order chi connectivity index (χ0) is 15.8. The van der Waals surface area contributed by atoms with E-state index in [9.17, 15) is 9.18 Å². The second-order valence-corrected chi connectivity index (χ2v) is 4.85. The zero-order valence-corrected chi connectivity index (χ0v) is 12.4. The summed E-state index contributed by atoms with van der Waals surface area (Å²) in [4.78, 5) is 11.9. The third-order valence-corrected chi connectivity index (χ3v) is 3.15. The van der Waals surface area contributed by atoms with Crippen molar-refractivity contribution in [1.29, 1.82) is 0 Å². The van der Waals surface area contributed by atoms with Crippen molar-refractivity contribution in [2.75, 3.05) is 19.0 Å². The highest BCUT2D eigenvalue weighted by Crippen LogP contribution is 2.15. The maximum absolute atomic E-state index is 13.0. The first-order valence-corrected chi connectivity index (χ1v) is 7.05. The second kappa shape index (κ2) is 8.14. The maximum atomic E-state index is 13.0. The fourth-order valence-corrected chi connectivity index (χ4v) is 2.10. The Morgan fingerprint density at radius 2 is 2.00 bits per heavy atom. The Kier molecular flexibility index (Phi) is 5.91. The predicted octanol–water partition coefficient (Wildman–Crippen LogP) is 3.34. The summed E-state index contributed by atoms with van der Waals surface area (Å²) >= 11 is 0. The average molecular weight is 302 g/mol. The van der Waals surface area contributed by atoms with Crippen molar-refractivity contribution in [3.63, 3.8) is 0 Å². The molecule has 0 aliphatic carbocycles. The highest BCUT2D eigenvalue weighted by Gasteiger charge is 2.05. The van der Waals surface area contributed by atoms with Crippen LogP contribution in [0, 0.1) is 5.82 Å². The van der Waals surface area contributed by atoms with E-state index in [0.717, 1.165) is 11.1 Å². The van der Waals surface area contributed by atoms with Gasteiger partial charge in [0.1, 0.15) is 5.82 Å². The van der Waals surface area contributed by atoms with E-state index in [1.807, 2.05) is 30.3 Å². The minimum absolute atomic E-state index is 0.268. The van der Waals surface area contributed by atoms with Gasteiger partial charge < -0.3 is 15.4 Å². The smallest absolute Gasteiger partial charge is 0.319 e. The van der Waals surface area contributed by atoms with Gasteiger partial charge >= 0.3 is 6.03 Å². The molecule has 0 spiro atoms. The molecular weight excluding hydrogens is 283 g/mol. The average Bonchev–Trinajstić information content (AvgIpc) is 2.49. The topological polar surface area (TPSA) is 50.4 Å². The van der Waals surface area contributed by atoms with E-state index in [2.05, 4.69) is 10.6 Å². The first kappa shape index (κ1) is 16.0. The fourth-order valence-electron chi connectivity index (χ4n) is 2.10. The SMILES string of the molecule is COCc1ccccc1NC(=O)NCCc1cccc(F)c1. The lowest BCUT2D eigenvalue weighted by atomic mass is 10.1. The number of anilines is 1. The zero-order valence-electron chi connectivity index (χ0n) is 12.4. The van der Waals surface area contributed by atoms with Crippen LogP contribution < -0.4 is 10.6 Å². The van der Waals surface area contributed by atoms with Crippen molar-refractivity contribution in [3.05, 3.63) is 65.5 Å². The number of rotatable bonds is 6. The molecule has 0 aliphatic heterocycles. The van der Waals surface area contributed by atoms with Crippen LogP contribution in [0.5, 0.6) is 0 Å². The predicted molar refractivity (Wildman–Crippen MR) is 84.3 cm³/mol. The Balaban J connectivity index is 1.83. The van der Waals surface area contributed by atoms with Gasteiger partial charge in [0.15, 0.2) is 0 Å². The molecule has 0 saturated carbocycles. The molecule has 2 rings (SSSR count). The number of methoxy groups -OCH3 is 1. The van der Waals surface area contributed by atoms with Crippen LogP contribution in [0.15, 0.2) is 48.5 Å². The van der Waals surface area contributed by atoms with Gasteiger partial charge in [0.05, 0.1) is 6.61 Å². The molecule has 0 heterocycles. The number of para-hydroxylation sites is 1. The Labute approximate surface area is 129 Å². The Morgan fingerprint density at radius 1 is 1.18 bits per heavy atom. The molecule has 0 saturated heterocycles. The number of ether oxygens (including phenoxy) is 1. The van der Waals surface area contributed by atoms with Gasteiger partial charge in [0, 0.05) is 24.9 Å². The normalized spacial score (nSPS) is 10.3. The van der Waals surface area contributed by atoms with E-state index in [1.54, 1.807) is 13.2 Å². The molecule has 2 aromatic rings. The van der Waals surface area contributed by atoms with Crippen LogP contribution in [0.25, 0.3) is 0 Å². The number of urea groups is 1. The monoisotopic (exact) mass is 302 g/mol. The van der Waals surface area contributed by atoms with Crippen LogP contribution in [-0.2, 0) is 17.8 Å². The maximum Gasteiger partial charge on any atom is 0.319 e. The lowest BCUT2D eigenvalue weighted by molar-refractivity contribution is 0.185. The summed E-state index contributed by atoms with van der Waals surface area (Å²) in [6, 6.07) is 13.5. The number of carbonyl (C=O) groups excluding carboxylic acids is 1. The van der Waals surface area contributed by atoms with E-state index in [0.29, 0.717) is 25.3 Å². The molecule has 5 heteroatoms. The van der Waals surface area contributed by atoms with Crippen LogP contribution >= 0.6 is 0 Å². The largest absolute Gasteiger partial charge is 0.380 e. The summed E-state index contributed by atoms with van der Waals surface area (Å²) in [5.41, 5.74) is 2.47. The van der Waals surface area contributed by atoms with Gasteiger partial charge in [0.2, 0.25) is 0 Å². The molecule has 22 heavy (non-hydrogen) atoms. The van der Waals surface area contributed by atoms with Gasteiger partial charge in [0.25, 0.3) is 0 Å². The molecule has 0 aliphatic rings. The van der Waals surface area contributed by atoms with Crippen molar-refractivity contribution < 1.29 is 13.9 Å². The van der Waals surface area contributed by atoms with Crippen LogP contribution in [0.1, 0.15) is 11.1 Å². The number of carbonyl (C=O) groups is 1. The summed E-state index contributed by atoms with van der Waals surface area (Å²) < 4.78 is 18.1. The van der Waals surface area contributed by atoms with Crippen molar-refractivity contribution in [3.8, 4) is 0 Å². The number of benzene rings is 2. The third kappa shape index (κ3) is 4.86. The molecule has 2 N–H and O–H groups in total. The Bertz CT molecular complexity index is 632. The Morgan fingerprint density at radius 3 is 2.77 bits per heavy atom. The molecule has 4 nitrogen and oxygen atoms in total. The summed E-state index contributed by atoms with van der Waals surface area (Å²) in [6.45, 7) is 0.863. The number of hydrogen-bond acceptors (Lipinski definition) is 2. The highest BCUT2D eigenvalue weighted by atomic mass is 19.1. The van der Waals surface area contributed by atoms with Crippen molar-refractivity contribution in [2.45, 2.75) is 13.0 Å². The molecule has 0 bridgehead atoms. The summed E-state index contributed by atoms with van der Waals surface area (Å²) in [5, 5.41) is 5.54. The molecule has 2 amide bonds. The van der Waals surface area contributed by atoms with Gasteiger partial charge in [-0.25, -0.2) is 9.18 Å². The standard InChI is InChI=1S/C17H19FN2O2/c1-22-12-14-6-2-3-8-16(14)20-17(21)19-10-9-13-5-4-7-15(18)11-13/h2-8,11H,9-10,12H2,1H3,(H2,19,20,21).